The van der Waals surface area contributed by atoms with E-state index in [1.54, 1.807) is 6.20 Å². The Balaban J connectivity index is 3.12. The van der Waals surface area contributed by atoms with Crippen LogP contribution in [0.5, 0.6) is 0 Å². The standard InChI is InChI=1S/C3H2Cl2N2/c4-3-6-1-2-7(3)5/h1-2H. The van der Waals surface area contributed by atoms with Gasteiger partial charge in [0.1, 0.15) is 0 Å². The van der Waals surface area contributed by atoms with Crippen LogP contribution in [0.4, 0.5) is 0 Å². The van der Waals surface area contributed by atoms with Crippen molar-refractivity contribution in [2.24, 2.45) is 0 Å². The summed E-state index contributed by atoms with van der Waals surface area (Å²) >= 11 is 10.7. The van der Waals surface area contributed by atoms with Gasteiger partial charge in [0.25, 0.3) is 0 Å². The molecule has 0 amide bonds. The summed E-state index contributed by atoms with van der Waals surface area (Å²) in [5.41, 5.74) is 0. The average Bonchev–Trinajstić information content (AvgIpc) is 1.91. The molecule has 2 nitrogen and oxygen atoms in total. The summed E-state index contributed by atoms with van der Waals surface area (Å²) in [4.78, 5) is 3.61. The van der Waals surface area contributed by atoms with E-state index in [-0.39, 0.29) is 0 Å². The third-order valence-corrected chi connectivity index (χ3v) is 1.19. The Labute approximate surface area is 50.8 Å². The van der Waals surface area contributed by atoms with E-state index in [4.69, 9.17) is 23.4 Å². The maximum Gasteiger partial charge on any atom is 0.217 e. The topological polar surface area (TPSA) is 17.8 Å². The lowest BCUT2D eigenvalue weighted by molar-refractivity contribution is 1.21. The van der Waals surface area contributed by atoms with Crippen molar-refractivity contribution < 1.29 is 0 Å². The van der Waals surface area contributed by atoms with Crippen LogP contribution in [-0.4, -0.2) is 9.07 Å². The predicted octanol–water partition coefficient (Wildman–Crippen LogP) is 1.54. The van der Waals surface area contributed by atoms with E-state index in [1.165, 1.54) is 10.3 Å². The lowest BCUT2D eigenvalue weighted by atomic mass is 11.0. The van der Waals surface area contributed by atoms with Crippen LogP contribution in [0.1, 0.15) is 0 Å². The zero-order chi connectivity index (χ0) is 5.28. The molecule has 0 radical (unpaired) electrons. The number of aromatic nitrogens is 2. The Morgan fingerprint density at radius 1 is 1.71 bits per heavy atom. The van der Waals surface area contributed by atoms with Gasteiger partial charge in [0.2, 0.25) is 5.28 Å². The van der Waals surface area contributed by atoms with Crippen molar-refractivity contribution in [2.45, 2.75) is 0 Å². The Hall–Kier alpha value is -0.210. The quantitative estimate of drug-likeness (QED) is 0.530. The fourth-order valence-electron chi connectivity index (χ4n) is 0.270. The number of rotatable bonds is 0. The molecule has 0 aliphatic rings. The molecule has 0 atom stereocenters. The highest BCUT2D eigenvalue weighted by Crippen LogP contribution is 2.04. The van der Waals surface area contributed by atoms with Crippen LogP contribution in [0.3, 0.4) is 0 Å². The van der Waals surface area contributed by atoms with E-state index in [0.29, 0.717) is 5.28 Å². The number of nitrogens with zero attached hydrogens (tertiary/aromatic N) is 2. The van der Waals surface area contributed by atoms with E-state index < -0.39 is 0 Å². The normalized spacial score (nSPS) is 9.43. The molecule has 1 aromatic rings. The van der Waals surface area contributed by atoms with Crippen LogP contribution < -0.4 is 0 Å². The molecule has 4 heteroatoms. The molecular formula is C3H2Cl2N2. The second-order valence-electron chi connectivity index (χ2n) is 1.01. The lowest BCUT2D eigenvalue weighted by Gasteiger charge is -1.80. The summed E-state index contributed by atoms with van der Waals surface area (Å²) in [7, 11) is 0. The van der Waals surface area contributed by atoms with Crippen LogP contribution in [0.15, 0.2) is 12.4 Å². The van der Waals surface area contributed by atoms with Gasteiger partial charge in [0.05, 0.1) is 0 Å². The average molecular weight is 137 g/mol. The summed E-state index contributed by atoms with van der Waals surface area (Å²) in [6.07, 6.45) is 3.08. The fraction of sp³-hybridized carbons (Fsp3) is 0. The minimum atomic E-state index is 0.293. The van der Waals surface area contributed by atoms with E-state index in [9.17, 15) is 0 Å². The van der Waals surface area contributed by atoms with E-state index in [1.807, 2.05) is 0 Å². The summed E-state index contributed by atoms with van der Waals surface area (Å²) < 4.78 is 1.21. The summed E-state index contributed by atoms with van der Waals surface area (Å²) in [5.74, 6) is 0. The summed E-state index contributed by atoms with van der Waals surface area (Å²) in [5, 5.41) is 0.293. The SMILES string of the molecule is Clc1nccn1Cl. The molecule has 0 aliphatic heterocycles. The maximum absolute atomic E-state index is 5.35. The molecular weight excluding hydrogens is 135 g/mol. The van der Waals surface area contributed by atoms with Crippen molar-refractivity contribution in [3.63, 3.8) is 0 Å². The molecule has 0 aliphatic carbocycles. The Bertz CT molecular complexity index is 143. The molecule has 1 rings (SSSR count). The van der Waals surface area contributed by atoms with Gasteiger partial charge in [-0.15, -0.1) is 0 Å². The molecule has 0 aromatic carbocycles. The van der Waals surface area contributed by atoms with Gasteiger partial charge in [-0.3, -0.25) is 0 Å². The van der Waals surface area contributed by atoms with Crippen LogP contribution in [0.2, 0.25) is 5.28 Å². The van der Waals surface area contributed by atoms with Crippen LogP contribution in [-0.2, 0) is 0 Å². The minimum absolute atomic E-state index is 0.293. The molecule has 0 saturated heterocycles. The largest absolute Gasteiger partial charge is 0.232 e. The van der Waals surface area contributed by atoms with E-state index in [2.05, 4.69) is 4.98 Å². The highest BCUT2D eigenvalue weighted by atomic mass is 35.5. The zero-order valence-corrected chi connectivity index (χ0v) is 4.82. The Kier molecular flexibility index (Phi) is 1.21. The highest BCUT2D eigenvalue weighted by molar-refractivity contribution is 6.32. The van der Waals surface area contributed by atoms with Crippen molar-refractivity contribution in [3.8, 4) is 0 Å². The first-order valence-electron chi connectivity index (χ1n) is 1.65. The van der Waals surface area contributed by atoms with Crippen LogP contribution >= 0.6 is 23.4 Å². The number of imidazole rings is 1. The molecule has 0 unspecified atom stereocenters. The third-order valence-electron chi connectivity index (χ3n) is 0.555. The van der Waals surface area contributed by atoms with Gasteiger partial charge in [-0.2, -0.15) is 0 Å². The number of hydrogen-bond acceptors (Lipinski definition) is 1. The third kappa shape index (κ3) is 0.868. The van der Waals surface area contributed by atoms with Crippen molar-refractivity contribution in [1.29, 1.82) is 0 Å². The molecule has 0 saturated carbocycles. The lowest BCUT2D eigenvalue weighted by Crippen LogP contribution is -1.72. The van der Waals surface area contributed by atoms with Gasteiger partial charge in [-0.25, -0.2) is 9.07 Å². The van der Waals surface area contributed by atoms with Gasteiger partial charge >= 0.3 is 0 Å². The minimum Gasteiger partial charge on any atom is -0.232 e. The molecule has 0 spiro atoms. The second kappa shape index (κ2) is 1.72. The summed E-state index contributed by atoms with van der Waals surface area (Å²) in [6.45, 7) is 0. The van der Waals surface area contributed by atoms with Gasteiger partial charge in [-0.1, -0.05) is 0 Å². The summed E-state index contributed by atoms with van der Waals surface area (Å²) in [6, 6.07) is 0. The first-order chi connectivity index (χ1) is 3.30. The van der Waals surface area contributed by atoms with Gasteiger partial charge in [0.15, 0.2) is 0 Å². The predicted molar refractivity (Wildman–Crippen MR) is 28.5 cm³/mol. The Morgan fingerprint density at radius 2 is 2.43 bits per heavy atom. The van der Waals surface area contributed by atoms with Gasteiger partial charge in [0, 0.05) is 24.2 Å². The molecule has 38 valence electrons. The highest BCUT2D eigenvalue weighted by Gasteiger charge is 1.89. The fourth-order valence-corrected chi connectivity index (χ4v) is 0.477. The first-order valence-corrected chi connectivity index (χ1v) is 2.37. The van der Waals surface area contributed by atoms with E-state index >= 15 is 0 Å². The van der Waals surface area contributed by atoms with Gasteiger partial charge in [-0.05, 0) is 11.6 Å². The smallest absolute Gasteiger partial charge is 0.217 e. The maximum atomic E-state index is 5.35. The molecule has 0 N–H and O–H groups in total. The first kappa shape index (κ1) is 4.94. The molecule has 1 aromatic heterocycles. The monoisotopic (exact) mass is 136 g/mol. The zero-order valence-electron chi connectivity index (χ0n) is 3.31. The van der Waals surface area contributed by atoms with Crippen molar-refractivity contribution in [1.82, 2.24) is 9.07 Å². The number of halogens is 2. The van der Waals surface area contributed by atoms with Crippen LogP contribution in [0, 0.1) is 0 Å². The second-order valence-corrected chi connectivity index (χ2v) is 1.71. The van der Waals surface area contributed by atoms with E-state index in [0.717, 1.165) is 0 Å². The van der Waals surface area contributed by atoms with Crippen molar-refractivity contribution >= 4 is 23.4 Å². The molecule has 7 heavy (non-hydrogen) atoms. The molecule has 0 bridgehead atoms. The van der Waals surface area contributed by atoms with Crippen molar-refractivity contribution in [2.75, 3.05) is 0 Å². The van der Waals surface area contributed by atoms with Gasteiger partial charge < -0.3 is 0 Å². The molecule has 1 heterocycles. The number of hydrogen-bond donors (Lipinski definition) is 0. The van der Waals surface area contributed by atoms with Crippen LogP contribution in [0.25, 0.3) is 0 Å². The molecule has 0 fully saturated rings. The van der Waals surface area contributed by atoms with Crippen molar-refractivity contribution in [3.05, 3.63) is 17.7 Å². The Morgan fingerprint density at radius 3 is 2.57 bits per heavy atom.